The van der Waals surface area contributed by atoms with Crippen molar-refractivity contribution in [2.75, 3.05) is 6.61 Å². The Bertz CT molecular complexity index is 309. The van der Waals surface area contributed by atoms with E-state index < -0.39 is 0 Å². The molecule has 0 unspecified atom stereocenters. The first-order valence-corrected chi connectivity index (χ1v) is 4.89. The van der Waals surface area contributed by atoms with Crippen molar-refractivity contribution in [2.45, 2.75) is 26.6 Å². The minimum Gasteiger partial charge on any atom is -0.377 e. The number of benzene rings is 1. The standard InChI is InChI=1S/C11H14O3/c1-2-5-12-7-9-3-4-10-8-13-14-11(10)6-9/h3-4,6H,2,5,7-8H2,1H3. The van der Waals surface area contributed by atoms with Crippen molar-refractivity contribution < 1.29 is 14.5 Å². The van der Waals surface area contributed by atoms with Gasteiger partial charge in [0.05, 0.1) is 6.61 Å². The molecule has 2 rings (SSSR count). The summed E-state index contributed by atoms with van der Waals surface area (Å²) in [6, 6.07) is 6.04. The Labute approximate surface area is 83.5 Å². The molecule has 0 saturated heterocycles. The molecule has 0 saturated carbocycles. The number of fused-ring (bicyclic) bond motifs is 1. The van der Waals surface area contributed by atoms with Crippen LogP contribution in [0.4, 0.5) is 0 Å². The summed E-state index contributed by atoms with van der Waals surface area (Å²) < 4.78 is 5.43. The van der Waals surface area contributed by atoms with E-state index in [9.17, 15) is 0 Å². The summed E-state index contributed by atoms with van der Waals surface area (Å²) in [7, 11) is 0. The van der Waals surface area contributed by atoms with Crippen LogP contribution >= 0.6 is 0 Å². The van der Waals surface area contributed by atoms with E-state index >= 15 is 0 Å². The van der Waals surface area contributed by atoms with Gasteiger partial charge < -0.3 is 9.62 Å². The van der Waals surface area contributed by atoms with Crippen LogP contribution in [0.15, 0.2) is 18.2 Å². The third-order valence-electron chi connectivity index (χ3n) is 2.11. The SMILES string of the molecule is CCCOCc1ccc2c(c1)OOC2. The Kier molecular flexibility index (Phi) is 3.01. The summed E-state index contributed by atoms with van der Waals surface area (Å²) in [4.78, 5) is 9.84. The molecule has 1 aliphatic rings. The number of rotatable bonds is 4. The van der Waals surface area contributed by atoms with Gasteiger partial charge in [0.15, 0.2) is 5.75 Å². The molecule has 0 N–H and O–H groups in total. The van der Waals surface area contributed by atoms with Crippen LogP contribution in [0.2, 0.25) is 0 Å². The van der Waals surface area contributed by atoms with Crippen molar-refractivity contribution in [3.05, 3.63) is 29.3 Å². The van der Waals surface area contributed by atoms with Crippen molar-refractivity contribution in [3.63, 3.8) is 0 Å². The van der Waals surface area contributed by atoms with Crippen molar-refractivity contribution in [2.24, 2.45) is 0 Å². The van der Waals surface area contributed by atoms with E-state index in [2.05, 4.69) is 6.92 Å². The number of ether oxygens (including phenoxy) is 1. The molecule has 0 atom stereocenters. The monoisotopic (exact) mass is 194 g/mol. The molecular weight excluding hydrogens is 180 g/mol. The van der Waals surface area contributed by atoms with Crippen LogP contribution in [0, 0.1) is 0 Å². The average molecular weight is 194 g/mol. The third kappa shape index (κ3) is 2.05. The molecule has 0 bridgehead atoms. The molecule has 1 aromatic rings. The third-order valence-corrected chi connectivity index (χ3v) is 2.11. The van der Waals surface area contributed by atoms with Crippen LogP contribution in [0.1, 0.15) is 24.5 Å². The van der Waals surface area contributed by atoms with Crippen molar-refractivity contribution in [3.8, 4) is 5.75 Å². The maximum atomic E-state index is 5.43. The minimum atomic E-state index is 0.547. The molecule has 14 heavy (non-hydrogen) atoms. The Hall–Kier alpha value is -1.06. The van der Waals surface area contributed by atoms with E-state index in [1.807, 2.05) is 18.2 Å². The van der Waals surface area contributed by atoms with Gasteiger partial charge in [0.2, 0.25) is 0 Å². The van der Waals surface area contributed by atoms with E-state index in [-0.39, 0.29) is 0 Å². The average Bonchev–Trinajstić information content (AvgIpc) is 2.65. The van der Waals surface area contributed by atoms with E-state index in [0.29, 0.717) is 13.2 Å². The first-order valence-electron chi connectivity index (χ1n) is 4.89. The zero-order valence-electron chi connectivity index (χ0n) is 8.29. The Morgan fingerprint density at radius 3 is 3.21 bits per heavy atom. The second-order valence-corrected chi connectivity index (χ2v) is 3.34. The Balaban J connectivity index is 1.98. The molecule has 3 nitrogen and oxygen atoms in total. The molecule has 1 aromatic carbocycles. The van der Waals surface area contributed by atoms with Gasteiger partial charge in [-0.3, -0.25) is 0 Å². The predicted molar refractivity (Wildman–Crippen MR) is 51.8 cm³/mol. The fourth-order valence-corrected chi connectivity index (χ4v) is 1.38. The van der Waals surface area contributed by atoms with Crippen LogP contribution in [-0.4, -0.2) is 6.61 Å². The van der Waals surface area contributed by atoms with Crippen LogP contribution in [-0.2, 0) is 22.8 Å². The lowest BCUT2D eigenvalue weighted by molar-refractivity contribution is -0.194. The Morgan fingerprint density at radius 1 is 1.43 bits per heavy atom. The fourth-order valence-electron chi connectivity index (χ4n) is 1.38. The number of hydrogen-bond donors (Lipinski definition) is 0. The minimum absolute atomic E-state index is 0.547. The molecule has 1 heterocycles. The van der Waals surface area contributed by atoms with Gasteiger partial charge in [0, 0.05) is 12.2 Å². The highest BCUT2D eigenvalue weighted by atomic mass is 17.2. The first kappa shape index (κ1) is 9.49. The lowest BCUT2D eigenvalue weighted by Gasteiger charge is -2.03. The quantitative estimate of drug-likeness (QED) is 0.544. The van der Waals surface area contributed by atoms with E-state index in [0.717, 1.165) is 29.9 Å². The molecule has 0 spiro atoms. The van der Waals surface area contributed by atoms with E-state index in [4.69, 9.17) is 14.5 Å². The van der Waals surface area contributed by atoms with Gasteiger partial charge in [-0.1, -0.05) is 19.1 Å². The molecular formula is C11H14O3. The van der Waals surface area contributed by atoms with Crippen LogP contribution in [0.5, 0.6) is 5.75 Å². The van der Waals surface area contributed by atoms with Gasteiger partial charge in [-0.25, -0.2) is 0 Å². The molecule has 0 radical (unpaired) electrons. The maximum Gasteiger partial charge on any atom is 0.171 e. The highest BCUT2D eigenvalue weighted by Crippen LogP contribution is 2.27. The number of hydrogen-bond acceptors (Lipinski definition) is 3. The molecule has 0 aromatic heterocycles. The van der Waals surface area contributed by atoms with Crippen LogP contribution < -0.4 is 4.89 Å². The first-order chi connectivity index (χ1) is 6.90. The summed E-state index contributed by atoms with van der Waals surface area (Å²) in [5, 5.41) is 0. The van der Waals surface area contributed by atoms with Gasteiger partial charge in [-0.05, 0) is 18.1 Å². The summed E-state index contributed by atoms with van der Waals surface area (Å²) in [6.45, 7) is 4.09. The largest absolute Gasteiger partial charge is 0.377 e. The summed E-state index contributed by atoms with van der Waals surface area (Å²) in [5.74, 6) is 0.822. The second kappa shape index (κ2) is 4.44. The highest BCUT2D eigenvalue weighted by Gasteiger charge is 2.13. The molecule has 0 fully saturated rings. The summed E-state index contributed by atoms with van der Waals surface area (Å²) in [6.07, 6.45) is 1.05. The zero-order valence-corrected chi connectivity index (χ0v) is 8.29. The van der Waals surface area contributed by atoms with Gasteiger partial charge in [-0.15, -0.1) is 0 Å². The van der Waals surface area contributed by atoms with Crippen molar-refractivity contribution in [1.82, 2.24) is 0 Å². The smallest absolute Gasteiger partial charge is 0.171 e. The van der Waals surface area contributed by atoms with Crippen LogP contribution in [0.3, 0.4) is 0 Å². The molecule has 0 aliphatic carbocycles. The topological polar surface area (TPSA) is 27.7 Å². The molecule has 0 amide bonds. The van der Waals surface area contributed by atoms with Crippen molar-refractivity contribution in [1.29, 1.82) is 0 Å². The molecule has 1 aliphatic heterocycles. The highest BCUT2D eigenvalue weighted by molar-refractivity contribution is 5.37. The van der Waals surface area contributed by atoms with Gasteiger partial charge in [-0.2, -0.15) is 4.89 Å². The zero-order chi connectivity index (χ0) is 9.80. The van der Waals surface area contributed by atoms with Gasteiger partial charge >= 0.3 is 0 Å². The normalized spacial score (nSPS) is 13.8. The fraction of sp³-hybridized carbons (Fsp3) is 0.455. The molecule has 76 valence electrons. The van der Waals surface area contributed by atoms with Gasteiger partial charge in [0.1, 0.15) is 6.61 Å². The maximum absolute atomic E-state index is 5.43. The van der Waals surface area contributed by atoms with Gasteiger partial charge in [0.25, 0.3) is 0 Å². The lowest BCUT2D eigenvalue weighted by atomic mass is 10.1. The second-order valence-electron chi connectivity index (χ2n) is 3.34. The van der Waals surface area contributed by atoms with Crippen LogP contribution in [0.25, 0.3) is 0 Å². The summed E-state index contributed by atoms with van der Waals surface area (Å²) in [5.41, 5.74) is 2.23. The van der Waals surface area contributed by atoms with E-state index in [1.54, 1.807) is 0 Å². The predicted octanol–water partition coefficient (Wildman–Crippen LogP) is 2.44. The lowest BCUT2D eigenvalue weighted by Crippen LogP contribution is -1.94. The Morgan fingerprint density at radius 2 is 2.36 bits per heavy atom. The summed E-state index contributed by atoms with van der Waals surface area (Å²) >= 11 is 0. The van der Waals surface area contributed by atoms with E-state index in [1.165, 1.54) is 0 Å². The molecule has 3 heteroatoms. The van der Waals surface area contributed by atoms with Crippen molar-refractivity contribution >= 4 is 0 Å².